The Morgan fingerprint density at radius 3 is 2.15 bits per heavy atom. The number of rotatable bonds is 10. The van der Waals surface area contributed by atoms with Gasteiger partial charge in [0, 0.05) is 19.5 Å². The summed E-state index contributed by atoms with van der Waals surface area (Å²) >= 11 is 0. The zero-order chi connectivity index (χ0) is 19.5. The molecule has 1 atom stereocenters. The van der Waals surface area contributed by atoms with Crippen LogP contribution in [0.25, 0.3) is 0 Å². The molecule has 0 spiro atoms. The molecule has 27 heavy (non-hydrogen) atoms. The quantitative estimate of drug-likeness (QED) is 0.631. The molecule has 0 heterocycles. The molecule has 4 nitrogen and oxygen atoms in total. The van der Waals surface area contributed by atoms with Gasteiger partial charge >= 0.3 is 0 Å². The molecule has 0 aliphatic heterocycles. The molecule has 0 aromatic heterocycles. The molecule has 0 bridgehead atoms. The Balaban J connectivity index is 2.29. The lowest BCUT2D eigenvalue weighted by Crippen LogP contribution is -2.43. The van der Waals surface area contributed by atoms with Gasteiger partial charge in [0.05, 0.1) is 0 Å². The third-order valence-corrected chi connectivity index (χ3v) is 4.57. The van der Waals surface area contributed by atoms with Gasteiger partial charge in [-0.1, -0.05) is 87.4 Å². The summed E-state index contributed by atoms with van der Waals surface area (Å²) in [5, 5.41) is 3.03. The molecule has 0 aliphatic rings. The van der Waals surface area contributed by atoms with E-state index in [2.05, 4.69) is 12.2 Å². The highest BCUT2D eigenvalue weighted by molar-refractivity contribution is 5.88. The number of hydrogen-bond donors (Lipinski definition) is 1. The zero-order valence-corrected chi connectivity index (χ0v) is 16.4. The Morgan fingerprint density at radius 1 is 0.926 bits per heavy atom. The molecule has 0 fully saturated rings. The van der Waals surface area contributed by atoms with Crippen LogP contribution < -0.4 is 5.32 Å². The number of benzene rings is 2. The SMILES string of the molecule is CCCCCNC(=O)C(c1ccccc1)N(Cc1ccccc1)C(=O)CC. The molecule has 1 unspecified atom stereocenters. The molecule has 2 aromatic rings. The van der Waals surface area contributed by atoms with Crippen LogP contribution >= 0.6 is 0 Å². The minimum absolute atomic E-state index is 0.0311. The minimum Gasteiger partial charge on any atom is -0.354 e. The maximum Gasteiger partial charge on any atom is 0.247 e. The molecule has 0 saturated carbocycles. The summed E-state index contributed by atoms with van der Waals surface area (Å²) in [5.41, 5.74) is 1.85. The number of nitrogens with zero attached hydrogens (tertiary/aromatic N) is 1. The highest BCUT2D eigenvalue weighted by Gasteiger charge is 2.30. The number of amides is 2. The Morgan fingerprint density at radius 2 is 1.56 bits per heavy atom. The zero-order valence-electron chi connectivity index (χ0n) is 16.4. The van der Waals surface area contributed by atoms with Crippen molar-refractivity contribution in [3.8, 4) is 0 Å². The molecule has 2 rings (SSSR count). The molecule has 0 aliphatic carbocycles. The predicted molar refractivity (Wildman–Crippen MR) is 109 cm³/mol. The van der Waals surface area contributed by atoms with Crippen LogP contribution in [0.5, 0.6) is 0 Å². The number of carbonyl (C=O) groups is 2. The largest absolute Gasteiger partial charge is 0.354 e. The first kappa shape index (κ1) is 20.7. The van der Waals surface area contributed by atoms with E-state index in [0.717, 1.165) is 30.4 Å². The summed E-state index contributed by atoms with van der Waals surface area (Å²) in [6.07, 6.45) is 3.49. The van der Waals surface area contributed by atoms with E-state index in [9.17, 15) is 9.59 Å². The topological polar surface area (TPSA) is 49.4 Å². The van der Waals surface area contributed by atoms with Crippen molar-refractivity contribution < 1.29 is 9.59 Å². The van der Waals surface area contributed by atoms with E-state index >= 15 is 0 Å². The Bertz CT molecular complexity index is 701. The van der Waals surface area contributed by atoms with Gasteiger partial charge in [-0.15, -0.1) is 0 Å². The highest BCUT2D eigenvalue weighted by atomic mass is 16.2. The third-order valence-electron chi connectivity index (χ3n) is 4.57. The fourth-order valence-corrected chi connectivity index (χ4v) is 3.10. The van der Waals surface area contributed by atoms with Gasteiger partial charge in [0.2, 0.25) is 11.8 Å². The first-order valence-corrected chi connectivity index (χ1v) is 9.83. The van der Waals surface area contributed by atoms with Crippen LogP contribution in [-0.4, -0.2) is 23.3 Å². The van der Waals surface area contributed by atoms with Crippen LogP contribution in [0.2, 0.25) is 0 Å². The molecule has 2 aromatic carbocycles. The molecule has 4 heteroatoms. The van der Waals surface area contributed by atoms with Crippen molar-refractivity contribution >= 4 is 11.8 Å². The molecular weight excluding hydrogens is 336 g/mol. The van der Waals surface area contributed by atoms with E-state index in [1.54, 1.807) is 4.90 Å². The average molecular weight is 367 g/mol. The van der Waals surface area contributed by atoms with Crippen molar-refractivity contribution in [2.45, 2.75) is 52.1 Å². The Kier molecular flexibility index (Phi) is 8.56. The molecule has 2 amide bonds. The number of carbonyl (C=O) groups excluding carboxylic acids is 2. The first-order chi connectivity index (χ1) is 13.2. The van der Waals surface area contributed by atoms with Crippen LogP contribution in [0.3, 0.4) is 0 Å². The van der Waals surface area contributed by atoms with Crippen molar-refractivity contribution in [2.75, 3.05) is 6.54 Å². The summed E-state index contributed by atoms with van der Waals surface area (Å²) in [5.74, 6) is -0.147. The van der Waals surface area contributed by atoms with E-state index < -0.39 is 6.04 Å². The van der Waals surface area contributed by atoms with E-state index in [4.69, 9.17) is 0 Å². The number of unbranched alkanes of at least 4 members (excludes halogenated alkanes) is 2. The van der Waals surface area contributed by atoms with Crippen molar-refractivity contribution in [3.05, 3.63) is 71.8 Å². The third kappa shape index (κ3) is 6.24. The lowest BCUT2D eigenvalue weighted by Gasteiger charge is -2.31. The smallest absolute Gasteiger partial charge is 0.247 e. The van der Waals surface area contributed by atoms with Gasteiger partial charge in [0.15, 0.2) is 0 Å². The molecule has 0 radical (unpaired) electrons. The lowest BCUT2D eigenvalue weighted by molar-refractivity contribution is -0.141. The highest BCUT2D eigenvalue weighted by Crippen LogP contribution is 2.24. The van der Waals surface area contributed by atoms with Gasteiger partial charge in [0.25, 0.3) is 0 Å². The van der Waals surface area contributed by atoms with Gasteiger partial charge in [-0.25, -0.2) is 0 Å². The van der Waals surface area contributed by atoms with Crippen molar-refractivity contribution in [1.82, 2.24) is 10.2 Å². The van der Waals surface area contributed by atoms with E-state index in [1.165, 1.54) is 0 Å². The first-order valence-electron chi connectivity index (χ1n) is 9.83. The monoisotopic (exact) mass is 366 g/mol. The van der Waals surface area contributed by atoms with Crippen LogP contribution in [-0.2, 0) is 16.1 Å². The Labute approximate surface area is 162 Å². The van der Waals surface area contributed by atoms with Crippen LogP contribution in [0, 0.1) is 0 Å². The second-order valence-corrected chi connectivity index (χ2v) is 6.67. The van der Waals surface area contributed by atoms with Crippen molar-refractivity contribution in [3.63, 3.8) is 0 Å². The number of nitrogens with one attached hydrogen (secondary N) is 1. The van der Waals surface area contributed by atoms with Gasteiger partial charge in [0.1, 0.15) is 6.04 Å². The number of hydrogen-bond acceptors (Lipinski definition) is 2. The maximum atomic E-state index is 13.1. The predicted octanol–water partition coefficient (Wildman–Crippen LogP) is 4.47. The molecule has 1 N–H and O–H groups in total. The Hall–Kier alpha value is -2.62. The summed E-state index contributed by atoms with van der Waals surface area (Å²) in [6, 6.07) is 18.8. The van der Waals surface area contributed by atoms with Crippen LogP contribution in [0.4, 0.5) is 0 Å². The van der Waals surface area contributed by atoms with E-state index in [-0.39, 0.29) is 11.8 Å². The van der Waals surface area contributed by atoms with Gasteiger partial charge in [-0.2, -0.15) is 0 Å². The normalized spacial score (nSPS) is 11.6. The fraction of sp³-hybridized carbons (Fsp3) is 0.391. The molecular formula is C23H30N2O2. The van der Waals surface area contributed by atoms with Crippen LogP contribution in [0.15, 0.2) is 60.7 Å². The molecule has 144 valence electrons. The molecule has 0 saturated heterocycles. The lowest BCUT2D eigenvalue weighted by atomic mass is 10.0. The van der Waals surface area contributed by atoms with E-state index in [0.29, 0.717) is 19.5 Å². The second-order valence-electron chi connectivity index (χ2n) is 6.67. The van der Waals surface area contributed by atoms with E-state index in [1.807, 2.05) is 67.6 Å². The summed E-state index contributed by atoms with van der Waals surface area (Å²) in [6.45, 7) is 5.02. The second kappa shape index (κ2) is 11.2. The van der Waals surface area contributed by atoms with Crippen molar-refractivity contribution in [2.24, 2.45) is 0 Å². The summed E-state index contributed by atoms with van der Waals surface area (Å²) in [4.78, 5) is 27.5. The van der Waals surface area contributed by atoms with Crippen LogP contribution in [0.1, 0.15) is 56.7 Å². The fourth-order valence-electron chi connectivity index (χ4n) is 3.10. The van der Waals surface area contributed by atoms with Gasteiger partial charge in [-0.3, -0.25) is 9.59 Å². The van der Waals surface area contributed by atoms with Crippen molar-refractivity contribution in [1.29, 1.82) is 0 Å². The maximum absolute atomic E-state index is 13.1. The average Bonchev–Trinajstić information content (AvgIpc) is 2.71. The standard InChI is InChI=1S/C23H30N2O2/c1-3-5-12-17-24-23(27)22(20-15-10-7-11-16-20)25(21(26)4-2)18-19-13-8-6-9-14-19/h6-11,13-16,22H,3-5,12,17-18H2,1-2H3,(H,24,27). The van der Waals surface area contributed by atoms with Gasteiger partial charge in [-0.05, 0) is 17.5 Å². The summed E-state index contributed by atoms with van der Waals surface area (Å²) in [7, 11) is 0. The van der Waals surface area contributed by atoms with Gasteiger partial charge < -0.3 is 10.2 Å². The summed E-state index contributed by atoms with van der Waals surface area (Å²) < 4.78 is 0. The minimum atomic E-state index is -0.625.